The molecule has 0 unspecified atom stereocenters. The number of methoxy groups -OCH3 is 1. The van der Waals surface area contributed by atoms with E-state index < -0.39 is 0 Å². The monoisotopic (exact) mass is 302 g/mol. The van der Waals surface area contributed by atoms with E-state index in [0.29, 0.717) is 0 Å². The Balaban J connectivity index is 0.00000200. The van der Waals surface area contributed by atoms with Gasteiger partial charge in [-0.25, -0.2) is 0 Å². The summed E-state index contributed by atoms with van der Waals surface area (Å²) in [5.74, 6) is 0.811. The largest absolute Gasteiger partial charge is 0.383 e. The normalized spacial score (nSPS) is 16.4. The van der Waals surface area contributed by atoms with Gasteiger partial charge in [-0.3, -0.25) is 9.58 Å². The van der Waals surface area contributed by atoms with Gasteiger partial charge >= 0.3 is 0 Å². The van der Waals surface area contributed by atoms with E-state index in [4.69, 9.17) is 4.74 Å². The van der Waals surface area contributed by atoms with Gasteiger partial charge in [0.1, 0.15) is 0 Å². The molecule has 1 N–H and O–H groups in total. The van der Waals surface area contributed by atoms with Crippen LogP contribution in [0.1, 0.15) is 18.5 Å². The molecule has 2 rings (SSSR count). The average molecular weight is 303 g/mol. The number of halogens is 1. The number of ether oxygens (including phenoxy) is 1. The molecule has 0 spiro atoms. The molecule has 1 aromatic heterocycles. The highest BCUT2D eigenvalue weighted by molar-refractivity contribution is 5.85. The second-order valence-corrected chi connectivity index (χ2v) is 5.37. The standard InChI is InChI=1S/C14H26N4O.ClH/c1-17-14(5-8-16-17)12-18(9-10-19-2)11-13-3-6-15-7-4-13;/h5,8,13,15H,3-4,6-7,9-12H2,1-2H3;1H. The molecular formula is C14H27ClN4O. The summed E-state index contributed by atoms with van der Waals surface area (Å²) in [6.07, 6.45) is 4.44. The van der Waals surface area contributed by atoms with E-state index in [1.807, 2.05) is 17.9 Å². The van der Waals surface area contributed by atoms with E-state index in [1.165, 1.54) is 18.5 Å². The summed E-state index contributed by atoms with van der Waals surface area (Å²) < 4.78 is 7.20. The number of aromatic nitrogens is 2. The van der Waals surface area contributed by atoms with Crippen LogP contribution < -0.4 is 5.32 Å². The third-order valence-corrected chi connectivity index (χ3v) is 3.89. The molecule has 0 radical (unpaired) electrons. The van der Waals surface area contributed by atoms with Gasteiger partial charge in [-0.15, -0.1) is 12.4 Å². The van der Waals surface area contributed by atoms with Crippen LogP contribution in [0, 0.1) is 5.92 Å². The zero-order valence-electron chi connectivity index (χ0n) is 12.5. The van der Waals surface area contributed by atoms with Crippen molar-refractivity contribution in [1.29, 1.82) is 0 Å². The minimum absolute atomic E-state index is 0. The Kier molecular flexibility index (Phi) is 8.14. The van der Waals surface area contributed by atoms with Gasteiger partial charge in [0, 0.05) is 40.0 Å². The van der Waals surface area contributed by atoms with Crippen LogP contribution in [-0.2, 0) is 18.3 Å². The van der Waals surface area contributed by atoms with E-state index in [-0.39, 0.29) is 12.4 Å². The summed E-state index contributed by atoms with van der Waals surface area (Å²) >= 11 is 0. The first-order chi connectivity index (χ1) is 9.29. The molecule has 0 aromatic carbocycles. The maximum absolute atomic E-state index is 5.23. The zero-order chi connectivity index (χ0) is 13.5. The second-order valence-electron chi connectivity index (χ2n) is 5.37. The number of hydrogen-bond acceptors (Lipinski definition) is 4. The predicted molar refractivity (Wildman–Crippen MR) is 83.2 cm³/mol. The van der Waals surface area contributed by atoms with Gasteiger partial charge in [-0.2, -0.15) is 5.10 Å². The van der Waals surface area contributed by atoms with E-state index in [2.05, 4.69) is 21.4 Å². The van der Waals surface area contributed by atoms with Gasteiger partial charge in [0.15, 0.2) is 0 Å². The minimum Gasteiger partial charge on any atom is -0.383 e. The first-order valence-corrected chi connectivity index (χ1v) is 7.18. The van der Waals surface area contributed by atoms with Crippen molar-refractivity contribution < 1.29 is 4.74 Å². The average Bonchev–Trinajstić information content (AvgIpc) is 2.83. The molecule has 20 heavy (non-hydrogen) atoms. The third kappa shape index (κ3) is 5.40. The smallest absolute Gasteiger partial charge is 0.0589 e. The summed E-state index contributed by atoms with van der Waals surface area (Å²) in [4.78, 5) is 2.50. The first-order valence-electron chi connectivity index (χ1n) is 7.18. The van der Waals surface area contributed by atoms with Crippen molar-refractivity contribution >= 4 is 12.4 Å². The van der Waals surface area contributed by atoms with Crippen molar-refractivity contribution in [3.63, 3.8) is 0 Å². The molecule has 1 aromatic rings. The summed E-state index contributed by atoms with van der Waals surface area (Å²) in [6, 6.07) is 2.10. The Hall–Kier alpha value is -0.620. The van der Waals surface area contributed by atoms with Gasteiger partial charge in [0.05, 0.1) is 12.3 Å². The van der Waals surface area contributed by atoms with Gasteiger partial charge in [0.25, 0.3) is 0 Å². The Bertz CT molecular complexity index is 366. The molecule has 1 saturated heterocycles. The number of nitrogens with one attached hydrogen (secondary N) is 1. The van der Waals surface area contributed by atoms with Gasteiger partial charge < -0.3 is 10.1 Å². The van der Waals surface area contributed by atoms with E-state index >= 15 is 0 Å². The quantitative estimate of drug-likeness (QED) is 0.824. The molecule has 0 aliphatic carbocycles. The lowest BCUT2D eigenvalue weighted by Crippen LogP contribution is -2.37. The third-order valence-electron chi connectivity index (χ3n) is 3.89. The summed E-state index contributed by atoms with van der Waals surface area (Å²) in [7, 11) is 3.78. The van der Waals surface area contributed by atoms with Crippen LogP contribution in [0.3, 0.4) is 0 Å². The van der Waals surface area contributed by atoms with Crippen molar-refractivity contribution in [2.24, 2.45) is 13.0 Å². The van der Waals surface area contributed by atoms with Crippen molar-refractivity contribution in [3.05, 3.63) is 18.0 Å². The van der Waals surface area contributed by atoms with Crippen molar-refractivity contribution in [2.75, 3.05) is 39.9 Å². The highest BCUT2D eigenvalue weighted by Crippen LogP contribution is 2.15. The Labute approximate surface area is 128 Å². The van der Waals surface area contributed by atoms with E-state index in [0.717, 1.165) is 45.2 Å². The van der Waals surface area contributed by atoms with Gasteiger partial charge in [-0.05, 0) is 37.9 Å². The SMILES string of the molecule is COCCN(Cc1ccnn1C)CC1CCNCC1.Cl. The fraction of sp³-hybridized carbons (Fsp3) is 0.786. The Morgan fingerprint density at radius 2 is 2.20 bits per heavy atom. The number of nitrogens with zero attached hydrogens (tertiary/aromatic N) is 3. The molecule has 116 valence electrons. The van der Waals surface area contributed by atoms with Crippen LogP contribution in [0.4, 0.5) is 0 Å². The number of rotatable bonds is 7. The fourth-order valence-corrected chi connectivity index (χ4v) is 2.67. The van der Waals surface area contributed by atoms with Crippen molar-refractivity contribution in [2.45, 2.75) is 19.4 Å². The lowest BCUT2D eigenvalue weighted by molar-refractivity contribution is 0.124. The van der Waals surface area contributed by atoms with Gasteiger partial charge in [-0.1, -0.05) is 0 Å². The highest BCUT2D eigenvalue weighted by Gasteiger charge is 2.17. The molecule has 1 aliphatic rings. The molecular weight excluding hydrogens is 276 g/mol. The topological polar surface area (TPSA) is 42.3 Å². The predicted octanol–water partition coefficient (Wildman–Crippen LogP) is 1.29. The van der Waals surface area contributed by atoms with Gasteiger partial charge in [0.2, 0.25) is 0 Å². The molecule has 5 nitrogen and oxygen atoms in total. The Morgan fingerprint density at radius 1 is 1.45 bits per heavy atom. The molecule has 0 saturated carbocycles. The van der Waals surface area contributed by atoms with Crippen molar-refractivity contribution in [1.82, 2.24) is 20.0 Å². The number of hydrogen-bond donors (Lipinski definition) is 1. The van der Waals surface area contributed by atoms with Crippen LogP contribution in [-0.4, -0.2) is 54.6 Å². The van der Waals surface area contributed by atoms with Crippen LogP contribution in [0.15, 0.2) is 12.3 Å². The summed E-state index contributed by atoms with van der Waals surface area (Å²) in [5.41, 5.74) is 1.27. The van der Waals surface area contributed by atoms with Crippen molar-refractivity contribution in [3.8, 4) is 0 Å². The highest BCUT2D eigenvalue weighted by atomic mass is 35.5. The molecule has 1 aliphatic heterocycles. The first kappa shape index (κ1) is 17.4. The van der Waals surface area contributed by atoms with E-state index in [1.54, 1.807) is 7.11 Å². The molecule has 1 fully saturated rings. The molecule has 0 bridgehead atoms. The van der Waals surface area contributed by atoms with Crippen LogP contribution in [0.5, 0.6) is 0 Å². The second kappa shape index (κ2) is 9.34. The van der Waals surface area contributed by atoms with Crippen LogP contribution >= 0.6 is 12.4 Å². The lowest BCUT2D eigenvalue weighted by atomic mass is 9.97. The molecule has 0 amide bonds. The number of piperidine rings is 1. The Morgan fingerprint density at radius 3 is 2.80 bits per heavy atom. The van der Waals surface area contributed by atoms with Crippen LogP contribution in [0.25, 0.3) is 0 Å². The molecule has 6 heteroatoms. The molecule has 2 heterocycles. The van der Waals surface area contributed by atoms with E-state index in [9.17, 15) is 0 Å². The summed E-state index contributed by atoms with van der Waals surface area (Å²) in [5, 5.41) is 7.67. The maximum Gasteiger partial charge on any atom is 0.0589 e. The minimum atomic E-state index is 0. The fourth-order valence-electron chi connectivity index (χ4n) is 2.67. The number of aryl methyl sites for hydroxylation is 1. The lowest BCUT2D eigenvalue weighted by Gasteiger charge is -2.30. The summed E-state index contributed by atoms with van der Waals surface area (Å²) in [6.45, 7) is 6.23. The maximum atomic E-state index is 5.23. The zero-order valence-corrected chi connectivity index (χ0v) is 13.4. The molecule has 0 atom stereocenters. The van der Waals surface area contributed by atoms with Crippen LogP contribution in [0.2, 0.25) is 0 Å².